The molecule has 0 spiro atoms. The van der Waals surface area contributed by atoms with Crippen molar-refractivity contribution >= 4 is 11.7 Å². The van der Waals surface area contributed by atoms with Gasteiger partial charge in [-0.15, -0.1) is 0 Å². The van der Waals surface area contributed by atoms with Crippen LogP contribution in [0, 0.1) is 17.0 Å². The summed E-state index contributed by atoms with van der Waals surface area (Å²) in [6.45, 7) is 3.13. The van der Waals surface area contributed by atoms with Crippen molar-refractivity contribution < 1.29 is 19.6 Å². The van der Waals surface area contributed by atoms with Gasteiger partial charge in [-0.3, -0.25) is 20.2 Å². The molecule has 0 saturated heterocycles. The number of hydrogen-bond donors (Lipinski definition) is 2. The van der Waals surface area contributed by atoms with E-state index in [9.17, 15) is 20.0 Å². The van der Waals surface area contributed by atoms with E-state index in [1.165, 1.54) is 19.1 Å². The van der Waals surface area contributed by atoms with Gasteiger partial charge in [-0.25, -0.2) is 0 Å². The van der Waals surface area contributed by atoms with Crippen molar-refractivity contribution in [2.75, 3.05) is 6.61 Å². The molecule has 1 atom stereocenters. The molecule has 0 bridgehead atoms. The van der Waals surface area contributed by atoms with Gasteiger partial charge in [0.25, 0.3) is 0 Å². The highest BCUT2D eigenvalue weighted by Crippen LogP contribution is 2.29. The number of rotatable bonds is 7. The van der Waals surface area contributed by atoms with Crippen LogP contribution in [0.15, 0.2) is 18.2 Å². The largest absolute Gasteiger partial charge is 0.484 e. The molecule has 7 nitrogen and oxygen atoms in total. The minimum absolute atomic E-state index is 0.0880. The van der Waals surface area contributed by atoms with Gasteiger partial charge in [0, 0.05) is 12.1 Å². The Labute approximate surface area is 122 Å². The van der Waals surface area contributed by atoms with Crippen LogP contribution in [0.3, 0.4) is 0 Å². The Bertz CT molecular complexity index is 570. The highest BCUT2D eigenvalue weighted by molar-refractivity contribution is 5.78. The molecule has 1 fully saturated rings. The lowest BCUT2D eigenvalue weighted by Gasteiger charge is -2.26. The molecular formula is C14H18N2O5. The maximum absolute atomic E-state index is 11.4. The van der Waals surface area contributed by atoms with Gasteiger partial charge in [0.1, 0.15) is 12.1 Å². The topological polar surface area (TPSA) is 102 Å². The average Bonchev–Trinajstić information content (AvgIpc) is 3.19. The Morgan fingerprint density at radius 2 is 2.24 bits per heavy atom. The first-order chi connectivity index (χ1) is 9.82. The number of nitro benzene ring substituents is 1. The summed E-state index contributed by atoms with van der Waals surface area (Å²) in [5.74, 6) is -0.949. The van der Waals surface area contributed by atoms with E-state index in [2.05, 4.69) is 5.32 Å². The molecule has 0 amide bonds. The van der Waals surface area contributed by atoms with Crippen molar-refractivity contribution in [3.8, 4) is 5.75 Å². The Morgan fingerprint density at radius 1 is 1.57 bits per heavy atom. The zero-order valence-electron chi connectivity index (χ0n) is 12.0. The van der Waals surface area contributed by atoms with Gasteiger partial charge in [-0.05, 0) is 38.3 Å². The molecule has 21 heavy (non-hydrogen) atoms. The monoisotopic (exact) mass is 294 g/mol. The summed E-state index contributed by atoms with van der Waals surface area (Å²) < 4.78 is 5.45. The second-order valence-electron chi connectivity index (χ2n) is 5.57. The number of nitrogens with one attached hydrogen (secondary N) is 1. The maximum Gasteiger partial charge on any atom is 0.327 e. The Morgan fingerprint density at radius 3 is 2.76 bits per heavy atom. The number of aliphatic carboxylic acids is 1. The lowest BCUT2D eigenvalue weighted by Crippen LogP contribution is -2.54. The molecule has 1 unspecified atom stereocenters. The fourth-order valence-electron chi connectivity index (χ4n) is 1.95. The minimum Gasteiger partial charge on any atom is -0.484 e. The van der Waals surface area contributed by atoms with Gasteiger partial charge in [0.15, 0.2) is 5.75 Å². The molecule has 2 N–H and O–H groups in total. The van der Waals surface area contributed by atoms with Crippen LogP contribution in [0.5, 0.6) is 5.75 Å². The van der Waals surface area contributed by atoms with E-state index in [1.807, 2.05) is 0 Å². The lowest BCUT2D eigenvalue weighted by molar-refractivity contribution is -0.385. The van der Waals surface area contributed by atoms with Gasteiger partial charge in [0.2, 0.25) is 0 Å². The van der Waals surface area contributed by atoms with Crippen molar-refractivity contribution in [1.82, 2.24) is 5.32 Å². The van der Waals surface area contributed by atoms with E-state index < -0.39 is 16.4 Å². The number of aryl methyl sites for hydroxylation is 1. The number of hydrogen-bond acceptors (Lipinski definition) is 5. The van der Waals surface area contributed by atoms with Crippen LogP contribution in [0.25, 0.3) is 0 Å². The first-order valence-electron chi connectivity index (χ1n) is 6.71. The number of nitro groups is 1. The summed E-state index contributed by atoms with van der Waals surface area (Å²) in [6.07, 6.45) is 1.88. The molecular weight excluding hydrogens is 276 g/mol. The summed E-state index contributed by atoms with van der Waals surface area (Å²) in [5, 5.41) is 23.3. The van der Waals surface area contributed by atoms with E-state index in [1.54, 1.807) is 13.0 Å². The SMILES string of the molecule is Cc1ccc([N+](=O)[O-])c(OCC(C)(NC2CC2)C(=O)O)c1. The van der Waals surface area contributed by atoms with Crippen LogP contribution in [0.4, 0.5) is 5.69 Å². The number of carboxylic acid groups (broad SMARTS) is 1. The average molecular weight is 294 g/mol. The van der Waals surface area contributed by atoms with Gasteiger partial charge < -0.3 is 9.84 Å². The molecule has 1 saturated carbocycles. The van der Waals surface area contributed by atoms with E-state index in [4.69, 9.17) is 4.74 Å². The summed E-state index contributed by atoms with van der Waals surface area (Å²) in [5.41, 5.74) is -0.624. The fourth-order valence-corrected chi connectivity index (χ4v) is 1.95. The van der Waals surface area contributed by atoms with Crippen LogP contribution < -0.4 is 10.1 Å². The number of ether oxygens (including phenoxy) is 1. The number of nitrogens with zero attached hydrogens (tertiary/aromatic N) is 1. The molecule has 1 aromatic carbocycles. The fraction of sp³-hybridized carbons (Fsp3) is 0.500. The summed E-state index contributed by atoms with van der Waals surface area (Å²) in [4.78, 5) is 21.8. The van der Waals surface area contributed by atoms with Crippen LogP contribution in [0.2, 0.25) is 0 Å². The van der Waals surface area contributed by atoms with E-state index in [0.717, 1.165) is 18.4 Å². The first kappa shape index (κ1) is 15.2. The predicted molar refractivity (Wildman–Crippen MR) is 75.5 cm³/mol. The van der Waals surface area contributed by atoms with Gasteiger partial charge in [-0.1, -0.05) is 6.07 Å². The smallest absolute Gasteiger partial charge is 0.327 e. The minimum atomic E-state index is -1.27. The third kappa shape index (κ3) is 3.69. The van der Waals surface area contributed by atoms with Gasteiger partial charge in [-0.2, -0.15) is 0 Å². The molecule has 1 aromatic rings. The van der Waals surface area contributed by atoms with Gasteiger partial charge in [0.05, 0.1) is 4.92 Å². The summed E-state index contributed by atoms with van der Waals surface area (Å²) >= 11 is 0. The molecule has 1 aliphatic rings. The van der Waals surface area contributed by atoms with Crippen LogP contribution in [-0.2, 0) is 4.79 Å². The molecule has 1 aliphatic carbocycles. The normalized spacial score (nSPS) is 17.0. The molecule has 0 aliphatic heterocycles. The molecule has 0 radical (unpaired) electrons. The second-order valence-corrected chi connectivity index (χ2v) is 5.57. The van der Waals surface area contributed by atoms with Crippen molar-refractivity contribution in [2.24, 2.45) is 0 Å². The first-order valence-corrected chi connectivity index (χ1v) is 6.71. The third-order valence-electron chi connectivity index (χ3n) is 3.40. The molecule has 2 rings (SSSR count). The zero-order valence-corrected chi connectivity index (χ0v) is 12.0. The molecule has 0 aromatic heterocycles. The predicted octanol–water partition coefficient (Wildman–Crippen LogP) is 1.88. The molecule has 7 heteroatoms. The lowest BCUT2D eigenvalue weighted by atomic mass is 10.0. The van der Waals surface area contributed by atoms with Gasteiger partial charge >= 0.3 is 11.7 Å². The van der Waals surface area contributed by atoms with Crippen molar-refractivity contribution in [3.05, 3.63) is 33.9 Å². The Kier molecular flexibility index (Phi) is 4.13. The van der Waals surface area contributed by atoms with E-state index >= 15 is 0 Å². The van der Waals surface area contributed by atoms with Crippen LogP contribution in [0.1, 0.15) is 25.3 Å². The number of carboxylic acids is 1. The Balaban J connectivity index is 2.15. The third-order valence-corrected chi connectivity index (χ3v) is 3.40. The van der Waals surface area contributed by atoms with Crippen LogP contribution >= 0.6 is 0 Å². The van der Waals surface area contributed by atoms with E-state index in [0.29, 0.717) is 0 Å². The maximum atomic E-state index is 11.4. The zero-order chi connectivity index (χ0) is 15.6. The van der Waals surface area contributed by atoms with E-state index in [-0.39, 0.29) is 24.1 Å². The highest BCUT2D eigenvalue weighted by atomic mass is 16.6. The summed E-state index contributed by atoms with van der Waals surface area (Å²) in [6, 6.07) is 4.69. The molecule has 0 heterocycles. The van der Waals surface area contributed by atoms with Crippen molar-refractivity contribution in [3.63, 3.8) is 0 Å². The number of carbonyl (C=O) groups is 1. The quantitative estimate of drug-likeness (QED) is 0.588. The Hall–Kier alpha value is -2.15. The van der Waals surface area contributed by atoms with Crippen molar-refractivity contribution in [2.45, 2.75) is 38.3 Å². The van der Waals surface area contributed by atoms with Crippen molar-refractivity contribution in [1.29, 1.82) is 0 Å². The second kappa shape index (κ2) is 5.69. The summed E-state index contributed by atoms with van der Waals surface area (Å²) in [7, 11) is 0. The number of benzene rings is 1. The highest BCUT2D eigenvalue weighted by Gasteiger charge is 2.39. The molecule has 114 valence electrons. The van der Waals surface area contributed by atoms with Crippen LogP contribution in [-0.4, -0.2) is 34.2 Å². The standard InChI is InChI=1S/C14H18N2O5/c1-9-3-6-11(16(19)20)12(7-9)21-8-14(2,13(17)18)15-10-4-5-10/h3,6-7,10,15H,4-5,8H2,1-2H3,(H,17,18).